The maximum absolute atomic E-state index is 12.1. The molecule has 0 aliphatic heterocycles. The van der Waals surface area contributed by atoms with Gasteiger partial charge in [0, 0.05) is 16.7 Å². The van der Waals surface area contributed by atoms with Gasteiger partial charge in [0.2, 0.25) is 0 Å². The third-order valence-electron chi connectivity index (χ3n) is 2.92. The Labute approximate surface area is 108 Å². The first-order valence-corrected chi connectivity index (χ1v) is 5.78. The predicted octanol–water partition coefficient (Wildman–Crippen LogP) is 3.79. The lowest BCUT2D eigenvalue weighted by atomic mass is 10.1. The molecule has 84 valence electrons. The molecule has 0 aromatic heterocycles. The van der Waals surface area contributed by atoms with Gasteiger partial charge in [0.1, 0.15) is 0 Å². The normalized spacial score (nSPS) is 12.5. The first-order chi connectivity index (χ1) is 8.11. The van der Waals surface area contributed by atoms with E-state index >= 15 is 0 Å². The summed E-state index contributed by atoms with van der Waals surface area (Å²) in [5.74, 6) is -0.0548. The highest BCUT2D eigenvalue weighted by Gasteiger charge is 2.30. The molecule has 2 N–H and O–H groups in total. The Morgan fingerprint density at radius 1 is 0.941 bits per heavy atom. The third kappa shape index (κ3) is 1.31. The number of ketones is 1. The summed E-state index contributed by atoms with van der Waals surface area (Å²) >= 11 is 12.2. The number of fused-ring (bicyclic) bond motifs is 3. The number of anilines is 1. The average molecular weight is 264 g/mol. The van der Waals surface area contributed by atoms with E-state index in [1.54, 1.807) is 12.1 Å². The molecule has 0 bridgehead atoms. The summed E-state index contributed by atoms with van der Waals surface area (Å²) in [4.78, 5) is 12.1. The highest BCUT2D eigenvalue weighted by atomic mass is 35.5. The number of carbonyl (C=O) groups excluding carboxylic acids is 1. The fourth-order valence-corrected chi connectivity index (χ4v) is 2.59. The van der Waals surface area contributed by atoms with Gasteiger partial charge in [-0.1, -0.05) is 47.5 Å². The van der Waals surface area contributed by atoms with Gasteiger partial charge in [-0.15, -0.1) is 0 Å². The lowest BCUT2D eigenvalue weighted by Crippen LogP contribution is -1.97. The second-order valence-electron chi connectivity index (χ2n) is 3.89. The van der Waals surface area contributed by atoms with Crippen molar-refractivity contribution >= 4 is 34.7 Å². The SMILES string of the molecule is Nc1cc2c(c(Cl)c1Cl)-c1ccccc1C2=O. The summed E-state index contributed by atoms with van der Waals surface area (Å²) < 4.78 is 0. The van der Waals surface area contributed by atoms with Crippen molar-refractivity contribution in [2.24, 2.45) is 0 Å². The minimum atomic E-state index is -0.0548. The van der Waals surface area contributed by atoms with E-state index in [0.717, 1.165) is 5.56 Å². The van der Waals surface area contributed by atoms with Gasteiger partial charge in [0.05, 0.1) is 15.7 Å². The molecule has 0 saturated heterocycles. The number of nitrogens with two attached hydrogens (primary N) is 1. The van der Waals surface area contributed by atoms with E-state index in [-0.39, 0.29) is 5.78 Å². The quantitative estimate of drug-likeness (QED) is 0.628. The topological polar surface area (TPSA) is 43.1 Å². The molecule has 0 heterocycles. The standard InChI is InChI=1S/C13H7Cl2NO/c14-11-9(16)5-8-10(12(11)15)6-3-1-2-4-7(6)13(8)17/h1-5H,16H2. The summed E-state index contributed by atoms with van der Waals surface area (Å²) in [6.07, 6.45) is 0. The molecule has 1 aliphatic carbocycles. The first kappa shape index (κ1) is 10.6. The minimum Gasteiger partial charge on any atom is -0.397 e. The summed E-state index contributed by atoms with van der Waals surface area (Å²) in [6, 6.07) is 8.91. The highest BCUT2D eigenvalue weighted by molar-refractivity contribution is 6.47. The first-order valence-electron chi connectivity index (χ1n) is 5.03. The summed E-state index contributed by atoms with van der Waals surface area (Å²) in [5, 5.41) is 0.648. The zero-order valence-corrected chi connectivity index (χ0v) is 10.1. The van der Waals surface area contributed by atoms with E-state index in [1.165, 1.54) is 0 Å². The molecule has 1 aliphatic rings. The molecule has 2 nitrogen and oxygen atoms in total. The van der Waals surface area contributed by atoms with Crippen LogP contribution in [0.5, 0.6) is 0 Å². The van der Waals surface area contributed by atoms with Gasteiger partial charge < -0.3 is 5.73 Å². The summed E-state index contributed by atoms with van der Waals surface area (Å²) in [6.45, 7) is 0. The lowest BCUT2D eigenvalue weighted by molar-refractivity contribution is 0.104. The number of hydrogen-bond acceptors (Lipinski definition) is 2. The van der Waals surface area contributed by atoms with Crippen molar-refractivity contribution in [3.05, 3.63) is 51.5 Å². The van der Waals surface area contributed by atoms with Crippen LogP contribution in [0.25, 0.3) is 11.1 Å². The zero-order valence-electron chi connectivity index (χ0n) is 8.63. The van der Waals surface area contributed by atoms with E-state index in [2.05, 4.69) is 0 Å². The highest BCUT2D eigenvalue weighted by Crippen LogP contribution is 2.45. The molecule has 2 aromatic carbocycles. The Morgan fingerprint density at radius 2 is 1.59 bits per heavy atom. The number of rotatable bonds is 0. The van der Waals surface area contributed by atoms with Crippen LogP contribution in [0.1, 0.15) is 15.9 Å². The molecule has 0 radical (unpaired) electrons. The van der Waals surface area contributed by atoms with Crippen molar-refractivity contribution in [2.45, 2.75) is 0 Å². The molecule has 0 fully saturated rings. The van der Waals surface area contributed by atoms with Gasteiger partial charge in [0.15, 0.2) is 5.78 Å². The zero-order chi connectivity index (χ0) is 12.2. The smallest absolute Gasteiger partial charge is 0.194 e. The van der Waals surface area contributed by atoms with Gasteiger partial charge in [0.25, 0.3) is 0 Å². The van der Waals surface area contributed by atoms with Crippen LogP contribution in [-0.4, -0.2) is 5.78 Å². The molecule has 0 atom stereocenters. The minimum absolute atomic E-state index is 0.0548. The van der Waals surface area contributed by atoms with E-state index in [1.807, 2.05) is 18.2 Å². The maximum Gasteiger partial charge on any atom is 0.194 e. The van der Waals surface area contributed by atoms with Crippen LogP contribution >= 0.6 is 23.2 Å². The van der Waals surface area contributed by atoms with Gasteiger partial charge in [-0.2, -0.15) is 0 Å². The van der Waals surface area contributed by atoms with E-state index < -0.39 is 0 Å². The molecule has 0 spiro atoms. The van der Waals surface area contributed by atoms with Crippen LogP contribution in [0, 0.1) is 0 Å². The Hall–Kier alpha value is -1.51. The Kier molecular flexibility index (Phi) is 2.18. The molecule has 4 heteroatoms. The number of halogens is 2. The molecule has 0 amide bonds. The number of benzene rings is 2. The van der Waals surface area contributed by atoms with Crippen LogP contribution in [-0.2, 0) is 0 Å². The van der Waals surface area contributed by atoms with E-state index in [0.29, 0.717) is 32.4 Å². The number of carbonyl (C=O) groups is 1. The molecule has 0 unspecified atom stereocenters. The average Bonchev–Trinajstić information content (AvgIpc) is 2.61. The Balaban J connectivity index is 2.45. The third-order valence-corrected chi connectivity index (χ3v) is 3.80. The molecular weight excluding hydrogens is 257 g/mol. The molecule has 17 heavy (non-hydrogen) atoms. The van der Waals surface area contributed by atoms with Crippen LogP contribution in [0.15, 0.2) is 30.3 Å². The number of hydrogen-bond donors (Lipinski definition) is 1. The van der Waals surface area contributed by atoms with Gasteiger partial charge in [-0.3, -0.25) is 4.79 Å². The summed E-state index contributed by atoms with van der Waals surface area (Å²) in [7, 11) is 0. The monoisotopic (exact) mass is 263 g/mol. The van der Waals surface area contributed by atoms with Crippen molar-refractivity contribution in [1.82, 2.24) is 0 Å². The van der Waals surface area contributed by atoms with Crippen molar-refractivity contribution in [2.75, 3.05) is 5.73 Å². The van der Waals surface area contributed by atoms with Gasteiger partial charge in [-0.25, -0.2) is 0 Å². The maximum atomic E-state index is 12.1. The molecule has 2 aromatic rings. The predicted molar refractivity (Wildman–Crippen MR) is 69.7 cm³/mol. The van der Waals surface area contributed by atoms with Crippen molar-refractivity contribution in [1.29, 1.82) is 0 Å². The van der Waals surface area contributed by atoms with E-state index in [4.69, 9.17) is 28.9 Å². The second kappa shape index (κ2) is 3.49. The van der Waals surface area contributed by atoms with Gasteiger partial charge in [-0.05, 0) is 11.6 Å². The van der Waals surface area contributed by atoms with Crippen LogP contribution in [0.4, 0.5) is 5.69 Å². The second-order valence-corrected chi connectivity index (χ2v) is 4.65. The fourth-order valence-electron chi connectivity index (χ4n) is 2.13. The van der Waals surface area contributed by atoms with Gasteiger partial charge >= 0.3 is 0 Å². The Bertz CT molecular complexity index is 665. The van der Waals surface area contributed by atoms with Crippen LogP contribution < -0.4 is 5.73 Å². The number of nitrogen functional groups attached to an aromatic ring is 1. The Morgan fingerprint density at radius 3 is 2.29 bits per heavy atom. The molecule has 0 saturated carbocycles. The molecule has 3 rings (SSSR count). The molecular formula is C13H7Cl2NO. The van der Waals surface area contributed by atoms with E-state index in [9.17, 15) is 4.79 Å². The fraction of sp³-hybridized carbons (Fsp3) is 0. The van der Waals surface area contributed by atoms with Crippen molar-refractivity contribution in [3.8, 4) is 11.1 Å². The lowest BCUT2D eigenvalue weighted by Gasteiger charge is -2.07. The van der Waals surface area contributed by atoms with Crippen molar-refractivity contribution < 1.29 is 4.79 Å². The van der Waals surface area contributed by atoms with Crippen LogP contribution in [0.3, 0.4) is 0 Å². The largest absolute Gasteiger partial charge is 0.397 e. The summed E-state index contributed by atoms with van der Waals surface area (Å²) in [5.41, 5.74) is 8.73. The van der Waals surface area contributed by atoms with Crippen LogP contribution in [0.2, 0.25) is 10.0 Å². The van der Waals surface area contributed by atoms with Crippen molar-refractivity contribution in [3.63, 3.8) is 0 Å².